The van der Waals surface area contributed by atoms with Gasteiger partial charge >= 0.3 is 0 Å². The van der Waals surface area contributed by atoms with E-state index in [0.717, 1.165) is 25.3 Å². The Morgan fingerprint density at radius 1 is 1.30 bits per heavy atom. The second-order valence-electron chi connectivity index (χ2n) is 5.55. The van der Waals surface area contributed by atoms with Gasteiger partial charge in [-0.2, -0.15) is 4.98 Å². The number of anilines is 1. The lowest BCUT2D eigenvalue weighted by molar-refractivity contribution is 0.328. The topological polar surface area (TPSA) is 50.1 Å². The Balaban J connectivity index is 1.62. The summed E-state index contributed by atoms with van der Waals surface area (Å²) in [6.07, 6.45) is 4.68. The van der Waals surface area contributed by atoms with E-state index in [1.165, 1.54) is 25.0 Å². The van der Waals surface area contributed by atoms with Gasteiger partial charge in [0.1, 0.15) is 11.3 Å². The largest absolute Gasteiger partial charge is 0.423 e. The van der Waals surface area contributed by atoms with E-state index in [0.29, 0.717) is 23.2 Å². The van der Waals surface area contributed by atoms with Crippen LogP contribution < -0.4 is 10.6 Å². The van der Waals surface area contributed by atoms with Gasteiger partial charge < -0.3 is 15.1 Å². The van der Waals surface area contributed by atoms with Crippen LogP contribution in [0.4, 0.5) is 10.4 Å². The highest BCUT2D eigenvalue weighted by molar-refractivity contribution is 5.74. The van der Waals surface area contributed by atoms with E-state index in [1.54, 1.807) is 6.07 Å². The lowest BCUT2D eigenvalue weighted by Crippen LogP contribution is -2.30. The molecule has 0 amide bonds. The van der Waals surface area contributed by atoms with Crippen LogP contribution in [0.3, 0.4) is 0 Å². The second-order valence-corrected chi connectivity index (χ2v) is 5.55. The van der Waals surface area contributed by atoms with Gasteiger partial charge in [-0.15, -0.1) is 0 Å². The number of benzene rings is 1. The molecule has 0 bridgehead atoms. The molecule has 1 saturated carbocycles. The first-order valence-corrected chi connectivity index (χ1v) is 7.22. The Kier molecular flexibility index (Phi) is 3.87. The smallest absolute Gasteiger partial charge is 0.295 e. The minimum atomic E-state index is -0.298. The quantitative estimate of drug-likeness (QED) is 0.901. The van der Waals surface area contributed by atoms with Crippen LogP contribution in [-0.2, 0) is 0 Å². The summed E-state index contributed by atoms with van der Waals surface area (Å²) in [5.41, 5.74) is 1.19. The van der Waals surface area contributed by atoms with Crippen molar-refractivity contribution in [1.82, 2.24) is 10.3 Å². The summed E-state index contributed by atoms with van der Waals surface area (Å²) in [5.74, 6) is 0.476. The van der Waals surface area contributed by atoms with Gasteiger partial charge in [0.25, 0.3) is 6.01 Å². The average molecular weight is 277 g/mol. The van der Waals surface area contributed by atoms with Gasteiger partial charge in [0.2, 0.25) is 0 Å². The molecule has 0 saturated heterocycles. The molecule has 1 fully saturated rings. The Hall–Kier alpha value is -1.62. The number of hydrogen-bond donors (Lipinski definition) is 2. The van der Waals surface area contributed by atoms with Crippen LogP contribution in [0.15, 0.2) is 22.6 Å². The highest BCUT2D eigenvalue weighted by atomic mass is 19.1. The fourth-order valence-corrected chi connectivity index (χ4v) is 2.93. The van der Waals surface area contributed by atoms with E-state index in [-0.39, 0.29) is 5.82 Å². The zero-order chi connectivity index (χ0) is 13.9. The summed E-state index contributed by atoms with van der Waals surface area (Å²) in [6, 6.07) is 5.32. The molecule has 1 aromatic carbocycles. The summed E-state index contributed by atoms with van der Waals surface area (Å²) in [7, 11) is 2.00. The zero-order valence-electron chi connectivity index (χ0n) is 11.7. The Morgan fingerprint density at radius 3 is 2.85 bits per heavy atom. The molecule has 20 heavy (non-hydrogen) atoms. The first kappa shape index (κ1) is 13.4. The molecule has 1 aliphatic carbocycles. The third-order valence-corrected chi connectivity index (χ3v) is 4.02. The fraction of sp³-hybridized carbons (Fsp3) is 0.533. The van der Waals surface area contributed by atoms with Crippen LogP contribution in [0.25, 0.3) is 11.1 Å². The van der Waals surface area contributed by atoms with E-state index in [9.17, 15) is 4.39 Å². The van der Waals surface area contributed by atoms with Crippen LogP contribution in [0, 0.1) is 11.7 Å². The van der Waals surface area contributed by atoms with Gasteiger partial charge in [-0.3, -0.25) is 0 Å². The van der Waals surface area contributed by atoms with E-state index in [2.05, 4.69) is 15.6 Å². The lowest BCUT2D eigenvalue weighted by atomic mass is 9.86. The van der Waals surface area contributed by atoms with Gasteiger partial charge in [0, 0.05) is 12.1 Å². The average Bonchev–Trinajstić information content (AvgIpc) is 2.82. The minimum absolute atomic E-state index is 0.298. The van der Waals surface area contributed by atoms with Gasteiger partial charge in [0.15, 0.2) is 5.58 Å². The van der Waals surface area contributed by atoms with E-state index < -0.39 is 0 Å². The lowest BCUT2D eigenvalue weighted by Gasteiger charge is -2.28. The number of fused-ring (bicyclic) bond motifs is 1. The number of aromatic nitrogens is 1. The van der Waals surface area contributed by atoms with Crippen molar-refractivity contribution in [3.8, 4) is 0 Å². The number of oxazole rings is 1. The molecule has 3 rings (SSSR count). The molecule has 1 aliphatic rings. The molecular formula is C15H20FN3O. The van der Waals surface area contributed by atoms with Crippen molar-refractivity contribution in [3.63, 3.8) is 0 Å². The van der Waals surface area contributed by atoms with Crippen molar-refractivity contribution < 1.29 is 8.81 Å². The normalized spacial score (nSPS) is 23.1. The molecule has 0 spiro atoms. The molecule has 0 atom stereocenters. The van der Waals surface area contributed by atoms with Gasteiger partial charge in [-0.1, -0.05) is 0 Å². The van der Waals surface area contributed by atoms with Crippen LogP contribution in [-0.4, -0.2) is 24.6 Å². The number of halogens is 1. The van der Waals surface area contributed by atoms with E-state index in [1.807, 2.05) is 7.05 Å². The molecular weight excluding hydrogens is 257 g/mol. The minimum Gasteiger partial charge on any atom is -0.423 e. The third-order valence-electron chi connectivity index (χ3n) is 4.02. The number of nitrogens with one attached hydrogen (secondary N) is 2. The summed E-state index contributed by atoms with van der Waals surface area (Å²) in [6.45, 7) is 1.09. The number of hydrogen-bond acceptors (Lipinski definition) is 4. The molecule has 5 heteroatoms. The van der Waals surface area contributed by atoms with Crippen molar-refractivity contribution in [3.05, 3.63) is 24.0 Å². The number of rotatable bonds is 4. The summed E-state index contributed by atoms with van der Waals surface area (Å²) in [4.78, 5) is 4.35. The second kappa shape index (κ2) is 5.79. The molecule has 0 radical (unpaired) electrons. The van der Waals surface area contributed by atoms with Crippen LogP contribution >= 0.6 is 0 Å². The first-order chi connectivity index (χ1) is 9.74. The predicted molar refractivity (Wildman–Crippen MR) is 77.3 cm³/mol. The van der Waals surface area contributed by atoms with Gasteiger partial charge in [-0.05, 0) is 57.3 Å². The SMILES string of the molecule is CNCC1CCC(Nc2nc3ccc(F)cc3o2)CC1. The monoisotopic (exact) mass is 277 g/mol. The maximum atomic E-state index is 13.1. The van der Waals surface area contributed by atoms with Crippen LogP contribution in [0.5, 0.6) is 0 Å². The van der Waals surface area contributed by atoms with E-state index in [4.69, 9.17) is 4.42 Å². The first-order valence-electron chi connectivity index (χ1n) is 7.22. The molecule has 108 valence electrons. The van der Waals surface area contributed by atoms with Gasteiger partial charge in [0.05, 0.1) is 0 Å². The van der Waals surface area contributed by atoms with E-state index >= 15 is 0 Å². The molecule has 1 aromatic heterocycles. The molecule has 4 nitrogen and oxygen atoms in total. The summed E-state index contributed by atoms with van der Waals surface area (Å²) in [5, 5.41) is 6.57. The highest BCUT2D eigenvalue weighted by Gasteiger charge is 2.21. The van der Waals surface area contributed by atoms with Crippen LogP contribution in [0.2, 0.25) is 0 Å². The molecule has 0 aliphatic heterocycles. The summed E-state index contributed by atoms with van der Waals surface area (Å²) >= 11 is 0. The Labute approximate surface area is 117 Å². The fourth-order valence-electron chi connectivity index (χ4n) is 2.93. The summed E-state index contributed by atoms with van der Waals surface area (Å²) < 4.78 is 18.7. The Bertz CT molecular complexity index is 576. The Morgan fingerprint density at radius 2 is 2.10 bits per heavy atom. The van der Waals surface area contributed by atoms with Crippen molar-refractivity contribution in [2.75, 3.05) is 18.9 Å². The van der Waals surface area contributed by atoms with Crippen molar-refractivity contribution in [2.24, 2.45) is 5.92 Å². The maximum absolute atomic E-state index is 13.1. The molecule has 2 N–H and O–H groups in total. The standard InChI is InChI=1S/C15H20FN3O/c1-17-9-10-2-5-12(6-3-10)18-15-19-13-7-4-11(16)8-14(13)20-15/h4,7-8,10,12,17H,2-3,5-6,9H2,1H3,(H,18,19). The molecule has 0 unspecified atom stereocenters. The van der Waals surface area contributed by atoms with Crippen LogP contribution in [0.1, 0.15) is 25.7 Å². The van der Waals surface area contributed by atoms with Crippen molar-refractivity contribution >= 4 is 17.1 Å². The predicted octanol–water partition coefficient (Wildman–Crippen LogP) is 3.16. The highest BCUT2D eigenvalue weighted by Crippen LogP contribution is 2.27. The van der Waals surface area contributed by atoms with Gasteiger partial charge in [-0.25, -0.2) is 4.39 Å². The van der Waals surface area contributed by atoms with Crippen molar-refractivity contribution in [1.29, 1.82) is 0 Å². The zero-order valence-corrected chi connectivity index (χ0v) is 11.7. The van der Waals surface area contributed by atoms with Crippen molar-refractivity contribution in [2.45, 2.75) is 31.7 Å². The molecule has 2 aromatic rings. The maximum Gasteiger partial charge on any atom is 0.295 e. The number of nitrogens with zero attached hydrogens (tertiary/aromatic N) is 1. The third kappa shape index (κ3) is 2.93. The molecule has 1 heterocycles.